The van der Waals surface area contributed by atoms with Crippen LogP contribution in [-0.4, -0.2) is 30.6 Å². The van der Waals surface area contributed by atoms with Gasteiger partial charge >= 0.3 is 0 Å². The number of ether oxygens (including phenoxy) is 1. The molecule has 0 saturated heterocycles. The highest BCUT2D eigenvalue weighted by molar-refractivity contribution is 6.31. The van der Waals surface area contributed by atoms with E-state index in [0.29, 0.717) is 23.9 Å². The number of hydrogen-bond acceptors (Lipinski definition) is 3. The fraction of sp³-hybridized carbons (Fsp3) is 0.294. The minimum absolute atomic E-state index is 0.405. The summed E-state index contributed by atoms with van der Waals surface area (Å²) < 4.78 is 5.87. The number of aliphatic hydroxyl groups is 1. The van der Waals surface area contributed by atoms with E-state index in [1.807, 2.05) is 61.5 Å². The number of benzene rings is 2. The van der Waals surface area contributed by atoms with Crippen molar-refractivity contribution in [2.45, 2.75) is 12.2 Å². The molecule has 2 aromatic rings. The van der Waals surface area contributed by atoms with Gasteiger partial charge in [-0.05, 0) is 31.8 Å². The number of halogens is 1. The van der Waals surface area contributed by atoms with Crippen molar-refractivity contribution in [3.05, 3.63) is 64.2 Å². The summed E-state index contributed by atoms with van der Waals surface area (Å²) in [6.45, 7) is 0.840. The number of rotatable bonds is 2. The first-order valence-corrected chi connectivity index (χ1v) is 7.27. The molecule has 0 fully saturated rings. The summed E-state index contributed by atoms with van der Waals surface area (Å²) in [5.74, 6) is 0.703. The van der Waals surface area contributed by atoms with Gasteiger partial charge in [-0.2, -0.15) is 0 Å². The molecular weight excluding hydrogens is 286 g/mol. The second-order valence-corrected chi connectivity index (χ2v) is 6.06. The van der Waals surface area contributed by atoms with E-state index in [2.05, 4.69) is 0 Å². The third kappa shape index (κ3) is 2.42. The van der Waals surface area contributed by atoms with Crippen LogP contribution in [0.25, 0.3) is 0 Å². The van der Waals surface area contributed by atoms with Crippen LogP contribution < -0.4 is 4.74 Å². The van der Waals surface area contributed by atoms with Crippen LogP contribution in [0.3, 0.4) is 0 Å². The van der Waals surface area contributed by atoms with Crippen molar-refractivity contribution in [2.24, 2.45) is 0 Å². The van der Waals surface area contributed by atoms with Crippen LogP contribution in [0.2, 0.25) is 5.02 Å². The fourth-order valence-corrected chi connectivity index (χ4v) is 3.35. The van der Waals surface area contributed by atoms with E-state index in [1.54, 1.807) is 0 Å². The van der Waals surface area contributed by atoms with Gasteiger partial charge in [-0.15, -0.1) is 0 Å². The van der Waals surface area contributed by atoms with Gasteiger partial charge in [0.1, 0.15) is 18.0 Å². The number of fused-ring (bicyclic) bond motifs is 2. The van der Waals surface area contributed by atoms with Crippen molar-refractivity contribution >= 4 is 11.6 Å². The Hall–Kier alpha value is -1.55. The maximum Gasteiger partial charge on any atom is 0.133 e. The molecule has 3 rings (SSSR count). The SMILES string of the molecule is CN(C)CC1(O)c2ccccc2OCc2cccc(Cl)c21. The Morgan fingerprint density at radius 1 is 1.19 bits per heavy atom. The normalized spacial score (nSPS) is 20.4. The van der Waals surface area contributed by atoms with E-state index < -0.39 is 5.60 Å². The van der Waals surface area contributed by atoms with Crippen LogP contribution in [0.15, 0.2) is 42.5 Å². The predicted octanol–water partition coefficient (Wildman–Crippen LogP) is 3.03. The zero-order chi connectivity index (χ0) is 15.0. The zero-order valence-electron chi connectivity index (χ0n) is 12.1. The quantitative estimate of drug-likeness (QED) is 0.925. The van der Waals surface area contributed by atoms with E-state index in [0.717, 1.165) is 16.7 Å². The summed E-state index contributed by atoms with van der Waals surface area (Å²) in [5.41, 5.74) is 1.23. The minimum atomic E-state index is -1.19. The number of likely N-dealkylation sites (N-methyl/N-ethyl adjacent to an activating group) is 1. The Morgan fingerprint density at radius 2 is 1.95 bits per heavy atom. The first kappa shape index (κ1) is 14.4. The summed E-state index contributed by atoms with van der Waals surface area (Å²) in [6.07, 6.45) is 0. The Balaban J connectivity index is 2.29. The smallest absolute Gasteiger partial charge is 0.133 e. The van der Waals surface area contributed by atoms with Crippen molar-refractivity contribution < 1.29 is 9.84 Å². The third-order valence-corrected chi connectivity index (χ3v) is 4.09. The maximum absolute atomic E-state index is 11.5. The van der Waals surface area contributed by atoms with Crippen LogP contribution in [0.5, 0.6) is 5.75 Å². The summed E-state index contributed by atoms with van der Waals surface area (Å²) in [6, 6.07) is 13.3. The van der Waals surface area contributed by atoms with E-state index in [4.69, 9.17) is 16.3 Å². The molecular formula is C17H18ClNO2. The summed E-state index contributed by atoms with van der Waals surface area (Å²) >= 11 is 6.41. The second-order valence-electron chi connectivity index (χ2n) is 5.66. The van der Waals surface area contributed by atoms with Gasteiger partial charge in [0.15, 0.2) is 0 Å². The standard InChI is InChI=1S/C17H18ClNO2/c1-19(2)11-17(20)13-7-3-4-9-15(13)21-10-12-6-5-8-14(18)16(12)17/h3-9,20H,10-11H2,1-2H3. The van der Waals surface area contributed by atoms with Crippen LogP contribution in [-0.2, 0) is 12.2 Å². The molecule has 4 heteroatoms. The molecule has 2 aromatic carbocycles. The lowest BCUT2D eigenvalue weighted by Gasteiger charge is -2.33. The number of hydrogen-bond donors (Lipinski definition) is 1. The highest BCUT2D eigenvalue weighted by Crippen LogP contribution is 2.43. The molecule has 0 saturated carbocycles. The first-order chi connectivity index (χ1) is 10.0. The molecule has 0 aromatic heterocycles. The van der Waals surface area contributed by atoms with Crippen molar-refractivity contribution in [2.75, 3.05) is 20.6 Å². The molecule has 3 nitrogen and oxygen atoms in total. The monoisotopic (exact) mass is 303 g/mol. The Kier molecular flexibility index (Phi) is 3.66. The van der Waals surface area contributed by atoms with Gasteiger partial charge in [-0.3, -0.25) is 0 Å². The molecule has 1 atom stereocenters. The highest BCUT2D eigenvalue weighted by Gasteiger charge is 2.40. The maximum atomic E-state index is 11.5. The molecule has 0 aliphatic carbocycles. The molecule has 1 aliphatic rings. The fourth-order valence-electron chi connectivity index (χ4n) is 3.00. The third-order valence-electron chi connectivity index (χ3n) is 3.77. The van der Waals surface area contributed by atoms with E-state index in [1.165, 1.54) is 0 Å². The zero-order valence-corrected chi connectivity index (χ0v) is 12.9. The van der Waals surface area contributed by atoms with Gasteiger partial charge in [0, 0.05) is 22.7 Å². The van der Waals surface area contributed by atoms with Gasteiger partial charge in [-0.25, -0.2) is 0 Å². The molecule has 0 bridgehead atoms. The molecule has 1 heterocycles. The van der Waals surface area contributed by atoms with Gasteiger partial charge < -0.3 is 14.7 Å². The lowest BCUT2D eigenvalue weighted by atomic mass is 9.83. The molecule has 0 radical (unpaired) electrons. The molecule has 1 unspecified atom stereocenters. The number of nitrogens with zero attached hydrogens (tertiary/aromatic N) is 1. The largest absolute Gasteiger partial charge is 0.488 e. The summed E-state index contributed by atoms with van der Waals surface area (Å²) in [5, 5.41) is 12.1. The van der Waals surface area contributed by atoms with Gasteiger partial charge in [0.2, 0.25) is 0 Å². The van der Waals surface area contributed by atoms with Gasteiger partial charge in [0.05, 0.1) is 0 Å². The van der Waals surface area contributed by atoms with E-state index in [9.17, 15) is 5.11 Å². The lowest BCUT2D eigenvalue weighted by Crippen LogP contribution is -2.39. The molecule has 110 valence electrons. The Labute approximate surface area is 129 Å². The van der Waals surface area contributed by atoms with Gasteiger partial charge in [-0.1, -0.05) is 41.9 Å². The average molecular weight is 304 g/mol. The average Bonchev–Trinajstić information content (AvgIpc) is 2.55. The lowest BCUT2D eigenvalue weighted by molar-refractivity contribution is 0.0509. The highest BCUT2D eigenvalue weighted by atomic mass is 35.5. The van der Waals surface area contributed by atoms with Crippen LogP contribution in [0.4, 0.5) is 0 Å². The first-order valence-electron chi connectivity index (χ1n) is 6.89. The van der Waals surface area contributed by atoms with Crippen LogP contribution >= 0.6 is 11.6 Å². The molecule has 1 N–H and O–H groups in total. The van der Waals surface area contributed by atoms with Gasteiger partial charge in [0.25, 0.3) is 0 Å². The van der Waals surface area contributed by atoms with E-state index >= 15 is 0 Å². The molecule has 0 amide bonds. The predicted molar refractivity (Wildman–Crippen MR) is 83.8 cm³/mol. The van der Waals surface area contributed by atoms with Crippen molar-refractivity contribution in [3.8, 4) is 5.75 Å². The summed E-state index contributed by atoms with van der Waals surface area (Å²) in [7, 11) is 3.87. The van der Waals surface area contributed by atoms with E-state index in [-0.39, 0.29) is 0 Å². The Bertz CT molecular complexity index is 672. The van der Waals surface area contributed by atoms with Crippen LogP contribution in [0.1, 0.15) is 16.7 Å². The second kappa shape index (κ2) is 5.34. The molecule has 1 aliphatic heterocycles. The molecule has 0 spiro atoms. The number of para-hydroxylation sites is 1. The molecule has 21 heavy (non-hydrogen) atoms. The minimum Gasteiger partial charge on any atom is -0.488 e. The van der Waals surface area contributed by atoms with Crippen LogP contribution in [0, 0.1) is 0 Å². The van der Waals surface area contributed by atoms with Crippen molar-refractivity contribution in [1.29, 1.82) is 0 Å². The van der Waals surface area contributed by atoms with Crippen molar-refractivity contribution in [3.63, 3.8) is 0 Å². The summed E-state index contributed by atoms with van der Waals surface area (Å²) in [4.78, 5) is 1.95. The topological polar surface area (TPSA) is 32.7 Å². The van der Waals surface area contributed by atoms with Crippen molar-refractivity contribution in [1.82, 2.24) is 4.90 Å². The Morgan fingerprint density at radius 3 is 2.71 bits per heavy atom.